The minimum absolute atomic E-state index is 0. The van der Waals surface area contributed by atoms with E-state index >= 15 is 0 Å². The van der Waals surface area contributed by atoms with E-state index in [1.165, 1.54) is 0 Å². The first kappa shape index (κ1) is 13.5. The molecule has 14 heavy (non-hydrogen) atoms. The average Bonchev–Trinajstić information content (AvgIpc) is 2.59. The fourth-order valence-corrected chi connectivity index (χ4v) is 1.55. The molecule has 0 bridgehead atoms. The second-order valence-corrected chi connectivity index (χ2v) is 3.31. The molecule has 0 aromatic carbocycles. The number of halogens is 1. The number of carbonyl (C=O) groups excluding carboxylic acids is 1. The summed E-state index contributed by atoms with van der Waals surface area (Å²) in [5.74, 6) is 0. The van der Waals surface area contributed by atoms with Crippen LogP contribution in [0, 0.1) is 0 Å². The minimum Gasteiger partial charge on any atom is -0.334 e. The lowest BCUT2D eigenvalue weighted by atomic mass is 10.3. The standard InChI is InChI=1S/C9H19N3O.ClH/c1-3-12(4-2)9(13)11-8-5-6-10-7-8;/h8,10H,3-7H2,1-2H3,(H,11,13);1H. The molecule has 84 valence electrons. The minimum atomic E-state index is 0. The zero-order chi connectivity index (χ0) is 9.68. The molecular weight excluding hydrogens is 202 g/mol. The van der Waals surface area contributed by atoms with Gasteiger partial charge in [0.05, 0.1) is 0 Å². The van der Waals surface area contributed by atoms with E-state index < -0.39 is 0 Å². The topological polar surface area (TPSA) is 44.4 Å². The van der Waals surface area contributed by atoms with Gasteiger partial charge in [0.2, 0.25) is 0 Å². The first-order valence-electron chi connectivity index (χ1n) is 5.04. The number of rotatable bonds is 3. The van der Waals surface area contributed by atoms with Gasteiger partial charge in [0.15, 0.2) is 0 Å². The summed E-state index contributed by atoms with van der Waals surface area (Å²) in [7, 11) is 0. The predicted octanol–water partition coefficient (Wildman–Crippen LogP) is 0.821. The summed E-state index contributed by atoms with van der Waals surface area (Å²) in [6, 6.07) is 0.395. The Morgan fingerprint density at radius 3 is 2.57 bits per heavy atom. The van der Waals surface area contributed by atoms with Gasteiger partial charge in [0, 0.05) is 25.7 Å². The van der Waals surface area contributed by atoms with Gasteiger partial charge >= 0.3 is 6.03 Å². The molecule has 2 N–H and O–H groups in total. The summed E-state index contributed by atoms with van der Waals surface area (Å²) < 4.78 is 0. The number of hydrogen-bond donors (Lipinski definition) is 2. The summed E-state index contributed by atoms with van der Waals surface area (Å²) in [5.41, 5.74) is 0. The van der Waals surface area contributed by atoms with Gasteiger partial charge in [-0.3, -0.25) is 0 Å². The van der Waals surface area contributed by atoms with Crippen LogP contribution in [0.1, 0.15) is 20.3 Å². The lowest BCUT2D eigenvalue weighted by Gasteiger charge is -2.21. The van der Waals surface area contributed by atoms with Gasteiger partial charge < -0.3 is 15.5 Å². The Morgan fingerprint density at radius 2 is 2.14 bits per heavy atom. The molecule has 0 radical (unpaired) electrons. The van der Waals surface area contributed by atoms with Gasteiger partial charge in [-0.25, -0.2) is 4.79 Å². The number of amides is 2. The molecule has 4 nitrogen and oxygen atoms in total. The highest BCUT2D eigenvalue weighted by atomic mass is 35.5. The highest BCUT2D eigenvalue weighted by Gasteiger charge is 2.18. The van der Waals surface area contributed by atoms with Gasteiger partial charge in [-0.2, -0.15) is 0 Å². The maximum absolute atomic E-state index is 11.5. The van der Waals surface area contributed by atoms with Crippen LogP contribution < -0.4 is 10.6 Å². The van der Waals surface area contributed by atoms with Gasteiger partial charge in [-0.15, -0.1) is 12.4 Å². The van der Waals surface area contributed by atoms with Crippen molar-refractivity contribution in [2.45, 2.75) is 26.3 Å². The Balaban J connectivity index is 0.00000169. The van der Waals surface area contributed by atoms with Crippen LogP contribution in [-0.4, -0.2) is 43.2 Å². The average molecular weight is 222 g/mol. The van der Waals surface area contributed by atoms with E-state index in [0.717, 1.165) is 32.6 Å². The van der Waals surface area contributed by atoms with Gasteiger partial charge in [0.1, 0.15) is 0 Å². The number of nitrogens with one attached hydrogen (secondary N) is 2. The number of urea groups is 1. The second kappa shape index (κ2) is 6.90. The molecule has 1 fully saturated rings. The van der Waals surface area contributed by atoms with Crippen molar-refractivity contribution in [3.63, 3.8) is 0 Å². The number of hydrogen-bond acceptors (Lipinski definition) is 2. The zero-order valence-corrected chi connectivity index (χ0v) is 9.69. The number of nitrogens with zero attached hydrogens (tertiary/aromatic N) is 1. The van der Waals surface area contributed by atoms with Crippen molar-refractivity contribution < 1.29 is 4.79 Å². The zero-order valence-electron chi connectivity index (χ0n) is 8.88. The molecule has 0 aromatic heterocycles. The fourth-order valence-electron chi connectivity index (χ4n) is 1.55. The molecule has 0 spiro atoms. The van der Waals surface area contributed by atoms with Gasteiger partial charge in [-0.05, 0) is 26.8 Å². The van der Waals surface area contributed by atoms with Crippen molar-refractivity contribution in [2.75, 3.05) is 26.2 Å². The highest BCUT2D eigenvalue weighted by Crippen LogP contribution is 1.98. The van der Waals surface area contributed by atoms with Crippen LogP contribution in [0.5, 0.6) is 0 Å². The maximum Gasteiger partial charge on any atom is 0.317 e. The fraction of sp³-hybridized carbons (Fsp3) is 0.889. The van der Waals surface area contributed by atoms with Gasteiger partial charge in [0.25, 0.3) is 0 Å². The van der Waals surface area contributed by atoms with E-state index in [9.17, 15) is 4.79 Å². The Bertz CT molecular complexity index is 167. The van der Waals surface area contributed by atoms with Crippen molar-refractivity contribution in [2.24, 2.45) is 0 Å². The van der Waals surface area contributed by atoms with Crippen molar-refractivity contribution in [3.8, 4) is 0 Å². The normalized spacial score (nSPS) is 20.0. The molecular formula is C9H20ClN3O. The lowest BCUT2D eigenvalue weighted by Crippen LogP contribution is -2.45. The molecule has 1 atom stereocenters. The summed E-state index contributed by atoms with van der Waals surface area (Å²) in [6.45, 7) is 7.48. The molecule has 0 saturated carbocycles. The summed E-state index contributed by atoms with van der Waals surface area (Å²) in [6.07, 6.45) is 1.05. The Kier molecular flexibility index (Phi) is 6.66. The molecule has 1 unspecified atom stereocenters. The van der Waals surface area contributed by atoms with E-state index in [-0.39, 0.29) is 18.4 Å². The molecule has 0 aromatic rings. The highest BCUT2D eigenvalue weighted by molar-refractivity contribution is 5.85. The molecule has 0 aliphatic carbocycles. The van der Waals surface area contributed by atoms with Gasteiger partial charge in [-0.1, -0.05) is 0 Å². The number of carbonyl (C=O) groups is 1. The SMILES string of the molecule is CCN(CC)C(=O)NC1CCNC1.Cl. The van der Waals surface area contributed by atoms with Crippen LogP contribution in [0.3, 0.4) is 0 Å². The van der Waals surface area contributed by atoms with Crippen LogP contribution in [-0.2, 0) is 0 Å². The molecule has 1 saturated heterocycles. The first-order chi connectivity index (χ1) is 6.27. The summed E-state index contributed by atoms with van der Waals surface area (Å²) >= 11 is 0. The Hall–Kier alpha value is -0.480. The quantitative estimate of drug-likeness (QED) is 0.741. The van der Waals surface area contributed by atoms with Crippen molar-refractivity contribution in [1.29, 1.82) is 0 Å². The summed E-state index contributed by atoms with van der Waals surface area (Å²) in [5, 5.41) is 6.22. The Morgan fingerprint density at radius 1 is 1.50 bits per heavy atom. The molecule has 1 aliphatic heterocycles. The smallest absolute Gasteiger partial charge is 0.317 e. The largest absolute Gasteiger partial charge is 0.334 e. The first-order valence-corrected chi connectivity index (χ1v) is 5.04. The van der Waals surface area contributed by atoms with E-state index in [1.807, 2.05) is 13.8 Å². The molecule has 5 heteroatoms. The second-order valence-electron chi connectivity index (χ2n) is 3.31. The van der Waals surface area contributed by atoms with Crippen LogP contribution in [0.2, 0.25) is 0 Å². The molecule has 1 aliphatic rings. The molecule has 1 rings (SSSR count). The molecule has 1 heterocycles. The third kappa shape index (κ3) is 3.72. The molecule has 2 amide bonds. The van der Waals surface area contributed by atoms with Crippen LogP contribution >= 0.6 is 12.4 Å². The third-order valence-electron chi connectivity index (χ3n) is 2.44. The van der Waals surface area contributed by atoms with E-state index in [4.69, 9.17) is 0 Å². The van der Waals surface area contributed by atoms with E-state index in [0.29, 0.717) is 6.04 Å². The van der Waals surface area contributed by atoms with Crippen molar-refractivity contribution >= 4 is 18.4 Å². The van der Waals surface area contributed by atoms with Crippen LogP contribution in [0.15, 0.2) is 0 Å². The predicted molar refractivity (Wildman–Crippen MR) is 60.0 cm³/mol. The Labute approximate surface area is 91.8 Å². The van der Waals surface area contributed by atoms with E-state index in [2.05, 4.69) is 10.6 Å². The van der Waals surface area contributed by atoms with Crippen molar-refractivity contribution in [1.82, 2.24) is 15.5 Å². The van der Waals surface area contributed by atoms with Crippen LogP contribution in [0.25, 0.3) is 0 Å². The van der Waals surface area contributed by atoms with E-state index in [1.54, 1.807) is 4.90 Å². The summed E-state index contributed by atoms with van der Waals surface area (Å²) in [4.78, 5) is 13.4. The lowest BCUT2D eigenvalue weighted by molar-refractivity contribution is 0.200. The van der Waals surface area contributed by atoms with Crippen LogP contribution in [0.4, 0.5) is 4.79 Å². The van der Waals surface area contributed by atoms with Crippen molar-refractivity contribution in [3.05, 3.63) is 0 Å². The third-order valence-corrected chi connectivity index (χ3v) is 2.44. The monoisotopic (exact) mass is 221 g/mol. The maximum atomic E-state index is 11.5.